The van der Waals surface area contributed by atoms with Gasteiger partial charge in [0.1, 0.15) is 0 Å². The number of hydrogen-bond donors (Lipinski definition) is 0. The third-order valence-corrected chi connectivity index (χ3v) is 3.65. The molecule has 4 nitrogen and oxygen atoms in total. The molecule has 0 aromatic carbocycles. The van der Waals surface area contributed by atoms with Crippen molar-refractivity contribution in [2.45, 2.75) is 45.5 Å². The highest BCUT2D eigenvalue weighted by molar-refractivity contribution is 4.99. The van der Waals surface area contributed by atoms with Crippen molar-refractivity contribution in [1.29, 1.82) is 0 Å². The van der Waals surface area contributed by atoms with E-state index in [2.05, 4.69) is 10.1 Å². The van der Waals surface area contributed by atoms with Crippen molar-refractivity contribution in [2.75, 3.05) is 6.54 Å². The largest absolute Gasteiger partial charge is 0.393 e. The molecule has 1 aliphatic heterocycles. The maximum atomic E-state index is 12.9. The first-order valence-corrected chi connectivity index (χ1v) is 5.82. The van der Waals surface area contributed by atoms with Gasteiger partial charge < -0.3 is 4.52 Å². The molecular weight excluding hydrogens is 247 g/mol. The third kappa shape index (κ3) is 2.36. The number of rotatable bonds is 2. The molecule has 1 atom stereocenters. The van der Waals surface area contributed by atoms with Gasteiger partial charge in [0.05, 0.1) is 12.5 Å². The topological polar surface area (TPSA) is 42.2 Å². The lowest BCUT2D eigenvalue weighted by Gasteiger charge is -2.35. The number of nitrogens with zero attached hydrogens (tertiary/aromatic N) is 3. The predicted molar refractivity (Wildman–Crippen MR) is 57.7 cm³/mol. The number of alkyl halides is 3. The van der Waals surface area contributed by atoms with E-state index in [-0.39, 0.29) is 13.0 Å². The van der Waals surface area contributed by atoms with E-state index in [0.717, 1.165) is 0 Å². The van der Waals surface area contributed by atoms with Crippen LogP contribution in [-0.2, 0) is 6.54 Å². The second-order valence-corrected chi connectivity index (χ2v) is 5.19. The van der Waals surface area contributed by atoms with Crippen LogP contribution in [0.1, 0.15) is 32.0 Å². The summed E-state index contributed by atoms with van der Waals surface area (Å²) in [5, 5.41) is 3.64. The van der Waals surface area contributed by atoms with E-state index in [1.54, 1.807) is 25.7 Å². The summed E-state index contributed by atoms with van der Waals surface area (Å²) in [5.74, 6) is -0.452. The Kier molecular flexibility index (Phi) is 3.12. The zero-order chi connectivity index (χ0) is 13.6. The van der Waals surface area contributed by atoms with Gasteiger partial charge in [0.2, 0.25) is 5.89 Å². The molecule has 1 unspecified atom stereocenters. The summed E-state index contributed by atoms with van der Waals surface area (Å²) < 4.78 is 43.6. The number of halogens is 3. The summed E-state index contributed by atoms with van der Waals surface area (Å²) in [6.45, 7) is 5.56. The van der Waals surface area contributed by atoms with Crippen molar-refractivity contribution in [1.82, 2.24) is 15.0 Å². The maximum absolute atomic E-state index is 12.9. The third-order valence-electron chi connectivity index (χ3n) is 3.65. The minimum Gasteiger partial charge on any atom is -0.338 e. The number of likely N-dealkylation sites (tertiary alicyclic amines) is 1. The zero-order valence-electron chi connectivity index (χ0n) is 10.6. The molecule has 0 spiro atoms. The second-order valence-electron chi connectivity index (χ2n) is 5.19. The van der Waals surface area contributed by atoms with Gasteiger partial charge in [-0.2, -0.15) is 18.2 Å². The van der Waals surface area contributed by atoms with Gasteiger partial charge in [0, 0.05) is 5.54 Å². The van der Waals surface area contributed by atoms with Gasteiger partial charge in [0.15, 0.2) is 5.82 Å². The number of aryl methyl sites for hydroxylation is 1. The highest BCUT2D eigenvalue weighted by atomic mass is 19.4. The summed E-state index contributed by atoms with van der Waals surface area (Å²) in [5.41, 5.74) is -0.944. The van der Waals surface area contributed by atoms with Crippen LogP contribution in [-0.4, -0.2) is 33.3 Å². The fourth-order valence-electron chi connectivity index (χ4n) is 2.56. The van der Waals surface area contributed by atoms with Crippen molar-refractivity contribution < 1.29 is 17.7 Å². The monoisotopic (exact) mass is 263 g/mol. The first-order valence-electron chi connectivity index (χ1n) is 5.82. The molecule has 7 heteroatoms. The van der Waals surface area contributed by atoms with Crippen molar-refractivity contribution in [2.24, 2.45) is 5.92 Å². The molecule has 2 heterocycles. The molecule has 1 aromatic rings. The fourth-order valence-corrected chi connectivity index (χ4v) is 2.56. The second kappa shape index (κ2) is 4.22. The lowest BCUT2D eigenvalue weighted by atomic mass is 9.88. The Morgan fingerprint density at radius 1 is 1.44 bits per heavy atom. The van der Waals surface area contributed by atoms with Crippen molar-refractivity contribution in [3.05, 3.63) is 11.7 Å². The normalized spacial score (nSPS) is 24.7. The molecule has 0 N–H and O–H groups in total. The van der Waals surface area contributed by atoms with Crippen LogP contribution in [0.2, 0.25) is 0 Å². The van der Waals surface area contributed by atoms with E-state index in [4.69, 9.17) is 4.52 Å². The van der Waals surface area contributed by atoms with Crippen molar-refractivity contribution >= 4 is 0 Å². The average molecular weight is 263 g/mol. The molecule has 2 rings (SSSR count). The van der Waals surface area contributed by atoms with Crippen LogP contribution in [0.5, 0.6) is 0 Å². The standard InChI is InChI=1S/C11H16F3N3O/c1-7-15-9(18-16-7)6-17-5-4-8(10(17,2)3)11(12,13)14/h8H,4-6H2,1-3H3. The van der Waals surface area contributed by atoms with E-state index in [1.807, 2.05) is 0 Å². The van der Waals surface area contributed by atoms with Crippen LogP contribution in [0.4, 0.5) is 13.2 Å². The Hall–Kier alpha value is -1.11. The molecular formula is C11H16F3N3O. The molecule has 1 aromatic heterocycles. The molecule has 0 aliphatic carbocycles. The first kappa shape index (κ1) is 13.3. The molecule has 102 valence electrons. The molecule has 0 radical (unpaired) electrons. The number of hydrogen-bond acceptors (Lipinski definition) is 4. The summed E-state index contributed by atoms with van der Waals surface area (Å²) in [6.07, 6.45) is -4.05. The van der Waals surface area contributed by atoms with E-state index in [1.165, 1.54) is 0 Å². The first-order chi connectivity index (χ1) is 8.21. The quantitative estimate of drug-likeness (QED) is 0.822. The molecule has 18 heavy (non-hydrogen) atoms. The van der Waals surface area contributed by atoms with E-state index in [0.29, 0.717) is 18.3 Å². The zero-order valence-corrected chi connectivity index (χ0v) is 10.6. The highest BCUT2D eigenvalue weighted by Gasteiger charge is 2.54. The molecule has 1 aliphatic rings. The molecule has 1 saturated heterocycles. The number of aromatic nitrogens is 2. The lowest BCUT2D eigenvalue weighted by molar-refractivity contribution is -0.192. The fraction of sp³-hybridized carbons (Fsp3) is 0.818. The van der Waals surface area contributed by atoms with Gasteiger partial charge >= 0.3 is 6.18 Å². The Labute approximate surface area is 103 Å². The van der Waals surface area contributed by atoms with Gasteiger partial charge in [-0.15, -0.1) is 0 Å². The van der Waals surface area contributed by atoms with E-state index in [9.17, 15) is 13.2 Å². The predicted octanol–water partition coefficient (Wildman–Crippen LogP) is 2.54. The van der Waals surface area contributed by atoms with Crippen LogP contribution in [0.3, 0.4) is 0 Å². The maximum Gasteiger partial charge on any atom is 0.393 e. The highest BCUT2D eigenvalue weighted by Crippen LogP contribution is 2.45. The summed E-state index contributed by atoms with van der Waals surface area (Å²) in [6, 6.07) is 0. The Morgan fingerprint density at radius 2 is 2.11 bits per heavy atom. The van der Waals surface area contributed by atoms with Gasteiger partial charge in [-0.1, -0.05) is 5.16 Å². The van der Waals surface area contributed by atoms with Crippen LogP contribution in [0.15, 0.2) is 4.52 Å². The smallest absolute Gasteiger partial charge is 0.338 e. The van der Waals surface area contributed by atoms with Gasteiger partial charge in [-0.3, -0.25) is 4.90 Å². The molecule has 0 saturated carbocycles. The van der Waals surface area contributed by atoms with Crippen LogP contribution >= 0.6 is 0 Å². The van der Waals surface area contributed by atoms with Crippen LogP contribution in [0, 0.1) is 12.8 Å². The lowest BCUT2D eigenvalue weighted by Crippen LogP contribution is -2.46. The van der Waals surface area contributed by atoms with Gasteiger partial charge in [-0.25, -0.2) is 0 Å². The Morgan fingerprint density at radius 3 is 2.56 bits per heavy atom. The Bertz CT molecular complexity index is 427. The molecule has 1 fully saturated rings. The SMILES string of the molecule is Cc1noc(CN2CCC(C(F)(F)F)C2(C)C)n1. The Balaban J connectivity index is 2.12. The van der Waals surface area contributed by atoms with Gasteiger partial charge in [0.25, 0.3) is 0 Å². The van der Waals surface area contributed by atoms with Crippen LogP contribution < -0.4 is 0 Å². The minimum atomic E-state index is -4.16. The average Bonchev–Trinajstić information content (AvgIpc) is 2.71. The molecule has 0 amide bonds. The van der Waals surface area contributed by atoms with Crippen molar-refractivity contribution in [3.8, 4) is 0 Å². The van der Waals surface area contributed by atoms with E-state index >= 15 is 0 Å². The van der Waals surface area contributed by atoms with Gasteiger partial charge in [-0.05, 0) is 33.7 Å². The van der Waals surface area contributed by atoms with Crippen molar-refractivity contribution in [3.63, 3.8) is 0 Å². The summed E-state index contributed by atoms with van der Waals surface area (Å²) in [4.78, 5) is 5.77. The summed E-state index contributed by atoms with van der Waals surface area (Å²) >= 11 is 0. The van der Waals surface area contributed by atoms with E-state index < -0.39 is 17.6 Å². The summed E-state index contributed by atoms with van der Waals surface area (Å²) in [7, 11) is 0. The molecule has 0 bridgehead atoms. The minimum absolute atomic E-state index is 0.115. The van der Waals surface area contributed by atoms with Crippen LogP contribution in [0.25, 0.3) is 0 Å².